The molecule has 2 aromatic heterocycles. The number of hydrogen-bond acceptors (Lipinski definition) is 6. The van der Waals surface area contributed by atoms with Gasteiger partial charge in [0.15, 0.2) is 0 Å². The van der Waals surface area contributed by atoms with E-state index in [1.807, 2.05) is 0 Å². The lowest BCUT2D eigenvalue weighted by Crippen LogP contribution is -2.26. The topological polar surface area (TPSA) is 93.4 Å². The lowest BCUT2D eigenvalue weighted by molar-refractivity contribution is 0.129. The molecule has 1 N–H and O–H groups in total. The zero-order valence-corrected chi connectivity index (χ0v) is 15.1. The third kappa shape index (κ3) is 3.56. The second-order valence-electron chi connectivity index (χ2n) is 6.55. The predicted molar refractivity (Wildman–Crippen MR) is 97.9 cm³/mol. The number of rotatable bonds is 5. The number of pyridine rings is 1. The van der Waals surface area contributed by atoms with Crippen molar-refractivity contribution in [2.24, 2.45) is 0 Å². The molecule has 3 heterocycles. The minimum atomic E-state index is -0.687. The van der Waals surface area contributed by atoms with E-state index in [4.69, 9.17) is 4.74 Å². The number of nitrogens with zero attached hydrogens (tertiary/aromatic N) is 5. The highest BCUT2D eigenvalue weighted by Gasteiger charge is 2.33. The van der Waals surface area contributed by atoms with Crippen molar-refractivity contribution in [1.29, 1.82) is 0 Å². The fourth-order valence-electron chi connectivity index (χ4n) is 3.08. The van der Waals surface area contributed by atoms with E-state index in [0.717, 1.165) is 0 Å². The Bertz CT molecular complexity index is 976. The van der Waals surface area contributed by atoms with Crippen LogP contribution in [0.2, 0.25) is 0 Å². The van der Waals surface area contributed by atoms with E-state index in [1.165, 1.54) is 17.2 Å². The molecule has 1 aliphatic heterocycles. The predicted octanol–water partition coefficient (Wildman–Crippen LogP) is 2.56. The maximum absolute atomic E-state index is 14.7. The van der Waals surface area contributed by atoms with Crippen molar-refractivity contribution < 1.29 is 19.0 Å². The standard InChI is InChI=1S/C19H18FN5O3/c1-12(26)18-5-2-13(9-21-18)16-4-3-14(8-17(16)20)25-11-15(28-19(25)27)10-24-7-6-22-23-24/h2-9,12,15,26H,10-11H2,1H3/t12-,15+/m1/s1. The van der Waals surface area contributed by atoms with Crippen molar-refractivity contribution in [1.82, 2.24) is 20.0 Å². The monoisotopic (exact) mass is 383 g/mol. The van der Waals surface area contributed by atoms with Crippen LogP contribution in [0.15, 0.2) is 48.9 Å². The molecule has 28 heavy (non-hydrogen) atoms. The maximum Gasteiger partial charge on any atom is 0.414 e. The van der Waals surface area contributed by atoms with Crippen LogP contribution in [-0.4, -0.2) is 43.8 Å². The van der Waals surface area contributed by atoms with Gasteiger partial charge in [0.25, 0.3) is 0 Å². The zero-order chi connectivity index (χ0) is 19.7. The number of ether oxygens (including phenoxy) is 1. The number of amides is 1. The molecule has 0 aliphatic carbocycles. The van der Waals surface area contributed by atoms with Gasteiger partial charge in [-0.25, -0.2) is 13.9 Å². The van der Waals surface area contributed by atoms with Crippen LogP contribution in [0.4, 0.5) is 14.9 Å². The fourth-order valence-corrected chi connectivity index (χ4v) is 3.08. The summed E-state index contributed by atoms with van der Waals surface area (Å²) in [6.07, 6.45) is 3.13. The highest BCUT2D eigenvalue weighted by Crippen LogP contribution is 2.29. The lowest BCUT2D eigenvalue weighted by atomic mass is 10.1. The Morgan fingerprint density at radius 2 is 2.21 bits per heavy atom. The highest BCUT2D eigenvalue weighted by atomic mass is 19.1. The molecule has 0 spiro atoms. The smallest absolute Gasteiger partial charge is 0.414 e. The molecule has 144 valence electrons. The van der Waals surface area contributed by atoms with E-state index in [0.29, 0.717) is 35.6 Å². The van der Waals surface area contributed by atoms with Gasteiger partial charge in [-0.2, -0.15) is 0 Å². The number of aromatic nitrogens is 4. The van der Waals surface area contributed by atoms with E-state index in [9.17, 15) is 14.3 Å². The minimum absolute atomic E-state index is 0.294. The van der Waals surface area contributed by atoms with Gasteiger partial charge in [0, 0.05) is 23.5 Å². The lowest BCUT2D eigenvalue weighted by Gasteiger charge is -2.14. The molecule has 8 nitrogen and oxygen atoms in total. The van der Waals surface area contributed by atoms with Gasteiger partial charge < -0.3 is 9.84 Å². The molecule has 1 aliphatic rings. The van der Waals surface area contributed by atoms with Crippen LogP contribution in [0.3, 0.4) is 0 Å². The van der Waals surface area contributed by atoms with Crippen LogP contribution >= 0.6 is 0 Å². The molecule has 2 atom stereocenters. The van der Waals surface area contributed by atoms with Gasteiger partial charge in [0.05, 0.1) is 36.8 Å². The Hall–Kier alpha value is -3.33. The summed E-state index contributed by atoms with van der Waals surface area (Å²) in [5.41, 5.74) is 1.88. The Morgan fingerprint density at radius 1 is 1.36 bits per heavy atom. The molecule has 3 aromatic rings. The van der Waals surface area contributed by atoms with Crippen LogP contribution in [-0.2, 0) is 11.3 Å². The summed E-state index contributed by atoms with van der Waals surface area (Å²) < 4.78 is 21.6. The summed E-state index contributed by atoms with van der Waals surface area (Å²) in [6, 6.07) is 7.92. The largest absolute Gasteiger partial charge is 0.442 e. The number of aliphatic hydroxyl groups excluding tert-OH is 1. The van der Waals surface area contributed by atoms with Crippen LogP contribution in [0.5, 0.6) is 0 Å². The summed E-state index contributed by atoms with van der Waals surface area (Å²) in [6.45, 7) is 2.29. The molecule has 1 amide bonds. The van der Waals surface area contributed by atoms with Crippen LogP contribution in [0.1, 0.15) is 18.7 Å². The average molecular weight is 383 g/mol. The summed E-state index contributed by atoms with van der Waals surface area (Å²) in [7, 11) is 0. The Labute approximate surface area is 160 Å². The van der Waals surface area contributed by atoms with E-state index < -0.39 is 24.1 Å². The van der Waals surface area contributed by atoms with E-state index in [2.05, 4.69) is 15.3 Å². The number of aliphatic hydroxyl groups is 1. The maximum atomic E-state index is 14.7. The molecule has 0 unspecified atom stereocenters. The second kappa shape index (κ2) is 7.35. The first-order valence-electron chi connectivity index (χ1n) is 8.77. The number of cyclic esters (lactones) is 1. The third-order valence-corrected chi connectivity index (χ3v) is 4.53. The molecule has 0 saturated carbocycles. The normalized spacial score (nSPS) is 17.6. The zero-order valence-electron chi connectivity index (χ0n) is 15.1. The number of anilines is 1. The van der Waals surface area contributed by atoms with Crippen LogP contribution in [0.25, 0.3) is 11.1 Å². The quantitative estimate of drug-likeness (QED) is 0.728. The molecular weight excluding hydrogens is 365 g/mol. The summed E-state index contributed by atoms with van der Waals surface area (Å²) in [4.78, 5) is 17.7. The molecule has 0 radical (unpaired) electrons. The second-order valence-corrected chi connectivity index (χ2v) is 6.55. The van der Waals surface area contributed by atoms with E-state index >= 15 is 0 Å². The van der Waals surface area contributed by atoms with Crippen LogP contribution in [0, 0.1) is 5.82 Å². The number of hydrogen-bond donors (Lipinski definition) is 1. The fraction of sp³-hybridized carbons (Fsp3) is 0.263. The number of benzene rings is 1. The van der Waals surface area contributed by atoms with Crippen molar-refractivity contribution in [2.75, 3.05) is 11.4 Å². The molecule has 1 fully saturated rings. The van der Waals surface area contributed by atoms with Gasteiger partial charge in [-0.15, -0.1) is 5.10 Å². The van der Waals surface area contributed by atoms with Crippen molar-refractivity contribution in [2.45, 2.75) is 25.7 Å². The Balaban J connectivity index is 1.52. The molecular formula is C19H18FN5O3. The molecule has 0 bridgehead atoms. The van der Waals surface area contributed by atoms with Crippen molar-refractivity contribution in [3.05, 3.63) is 60.4 Å². The van der Waals surface area contributed by atoms with Crippen molar-refractivity contribution >= 4 is 11.8 Å². The first-order valence-corrected chi connectivity index (χ1v) is 8.77. The van der Waals surface area contributed by atoms with Gasteiger partial charge in [-0.3, -0.25) is 9.88 Å². The van der Waals surface area contributed by atoms with Gasteiger partial charge >= 0.3 is 6.09 Å². The first-order chi connectivity index (χ1) is 13.5. The summed E-state index contributed by atoms with van der Waals surface area (Å²) in [5, 5.41) is 17.1. The number of halogens is 1. The van der Waals surface area contributed by atoms with Gasteiger partial charge in [0.1, 0.15) is 11.9 Å². The molecule has 4 rings (SSSR count). The minimum Gasteiger partial charge on any atom is -0.442 e. The average Bonchev–Trinajstić information content (AvgIpc) is 3.31. The first kappa shape index (κ1) is 18.1. The van der Waals surface area contributed by atoms with Crippen molar-refractivity contribution in [3.63, 3.8) is 0 Å². The van der Waals surface area contributed by atoms with E-state index in [-0.39, 0.29) is 0 Å². The highest BCUT2D eigenvalue weighted by molar-refractivity contribution is 5.90. The molecule has 9 heteroatoms. The van der Waals surface area contributed by atoms with Crippen LogP contribution < -0.4 is 4.90 Å². The van der Waals surface area contributed by atoms with Gasteiger partial charge in [-0.1, -0.05) is 11.3 Å². The SMILES string of the molecule is C[C@@H](O)c1ccc(-c2ccc(N3C[C@H](Cn4ccnn4)OC3=O)cc2F)cn1. The Kier molecular flexibility index (Phi) is 4.74. The number of carbonyl (C=O) groups excluding carboxylic acids is 1. The summed E-state index contributed by atoms with van der Waals surface area (Å²) >= 11 is 0. The van der Waals surface area contributed by atoms with Gasteiger partial charge in [-0.05, 0) is 31.2 Å². The number of carbonyl (C=O) groups is 1. The summed E-state index contributed by atoms with van der Waals surface area (Å²) in [5.74, 6) is -0.475. The third-order valence-electron chi connectivity index (χ3n) is 4.53. The molecule has 1 aromatic carbocycles. The molecule has 1 saturated heterocycles. The van der Waals surface area contributed by atoms with E-state index in [1.54, 1.807) is 48.3 Å². The van der Waals surface area contributed by atoms with Crippen molar-refractivity contribution in [3.8, 4) is 11.1 Å². The van der Waals surface area contributed by atoms with Gasteiger partial charge in [0.2, 0.25) is 0 Å². The Morgan fingerprint density at radius 3 is 2.86 bits per heavy atom.